The van der Waals surface area contributed by atoms with Crippen molar-refractivity contribution in [2.75, 3.05) is 0 Å². The number of hydrogen-bond donors (Lipinski definition) is 1. The van der Waals surface area contributed by atoms with Crippen LogP contribution in [0.1, 0.15) is 24.9 Å². The summed E-state index contributed by atoms with van der Waals surface area (Å²) in [5.74, 6) is 1.19. The van der Waals surface area contributed by atoms with Crippen molar-refractivity contribution < 1.29 is 0 Å². The first-order valence-corrected chi connectivity index (χ1v) is 5.51. The Morgan fingerprint density at radius 2 is 2.46 bits per heavy atom. The van der Waals surface area contributed by atoms with Crippen LogP contribution in [0.15, 0.2) is 4.60 Å². The SMILES string of the molecule is CCc1nc2n(c1Br)CC(N)CC2. The quantitative estimate of drug-likeness (QED) is 0.813. The maximum Gasteiger partial charge on any atom is 0.109 e. The van der Waals surface area contributed by atoms with Gasteiger partial charge in [0.05, 0.1) is 5.69 Å². The van der Waals surface area contributed by atoms with E-state index in [1.165, 1.54) is 5.82 Å². The second-order valence-electron chi connectivity index (χ2n) is 3.53. The summed E-state index contributed by atoms with van der Waals surface area (Å²) in [5.41, 5.74) is 7.06. The summed E-state index contributed by atoms with van der Waals surface area (Å²) in [7, 11) is 0. The molecule has 13 heavy (non-hydrogen) atoms. The molecule has 2 N–H and O–H groups in total. The molecule has 4 heteroatoms. The van der Waals surface area contributed by atoms with Crippen LogP contribution < -0.4 is 5.73 Å². The zero-order chi connectivity index (χ0) is 9.42. The van der Waals surface area contributed by atoms with Crippen molar-refractivity contribution in [1.82, 2.24) is 9.55 Å². The van der Waals surface area contributed by atoms with Gasteiger partial charge in [0.25, 0.3) is 0 Å². The van der Waals surface area contributed by atoms with E-state index in [0.29, 0.717) is 6.04 Å². The van der Waals surface area contributed by atoms with Crippen LogP contribution in [0, 0.1) is 0 Å². The fraction of sp³-hybridized carbons (Fsp3) is 0.667. The number of hydrogen-bond acceptors (Lipinski definition) is 2. The van der Waals surface area contributed by atoms with E-state index in [1.54, 1.807) is 0 Å². The van der Waals surface area contributed by atoms with E-state index in [2.05, 4.69) is 32.4 Å². The molecule has 1 atom stereocenters. The van der Waals surface area contributed by atoms with E-state index in [0.717, 1.165) is 36.1 Å². The van der Waals surface area contributed by atoms with Crippen LogP contribution in [0.5, 0.6) is 0 Å². The molecular formula is C9H14BrN3. The Bertz CT molecular complexity index is 319. The highest BCUT2D eigenvalue weighted by Gasteiger charge is 2.20. The predicted molar refractivity (Wildman–Crippen MR) is 55.6 cm³/mol. The van der Waals surface area contributed by atoms with Crippen LogP contribution in [-0.4, -0.2) is 15.6 Å². The Morgan fingerprint density at radius 1 is 1.69 bits per heavy atom. The van der Waals surface area contributed by atoms with Crippen molar-refractivity contribution in [3.63, 3.8) is 0 Å². The van der Waals surface area contributed by atoms with Gasteiger partial charge in [0, 0.05) is 19.0 Å². The van der Waals surface area contributed by atoms with Crippen molar-refractivity contribution in [3.05, 3.63) is 16.1 Å². The number of imidazole rings is 1. The topological polar surface area (TPSA) is 43.8 Å². The normalized spacial score (nSPS) is 21.6. The van der Waals surface area contributed by atoms with Crippen LogP contribution in [0.3, 0.4) is 0 Å². The largest absolute Gasteiger partial charge is 0.326 e. The highest BCUT2D eigenvalue weighted by atomic mass is 79.9. The highest BCUT2D eigenvalue weighted by Crippen LogP contribution is 2.24. The zero-order valence-electron chi connectivity index (χ0n) is 7.76. The molecule has 1 aromatic heterocycles. The van der Waals surface area contributed by atoms with E-state index in [9.17, 15) is 0 Å². The molecule has 0 amide bonds. The first-order valence-electron chi connectivity index (χ1n) is 4.71. The summed E-state index contributed by atoms with van der Waals surface area (Å²) >= 11 is 3.57. The number of nitrogens with zero attached hydrogens (tertiary/aromatic N) is 2. The van der Waals surface area contributed by atoms with Crippen LogP contribution >= 0.6 is 15.9 Å². The maximum absolute atomic E-state index is 5.90. The molecule has 2 rings (SSSR count). The number of halogens is 1. The summed E-state index contributed by atoms with van der Waals surface area (Å²) in [6.07, 6.45) is 3.06. The smallest absolute Gasteiger partial charge is 0.109 e. The predicted octanol–water partition coefficient (Wildman–Crippen LogP) is 1.48. The fourth-order valence-electron chi connectivity index (χ4n) is 1.77. The average molecular weight is 244 g/mol. The minimum absolute atomic E-state index is 0.294. The highest BCUT2D eigenvalue weighted by molar-refractivity contribution is 9.10. The van der Waals surface area contributed by atoms with Gasteiger partial charge in [-0.05, 0) is 28.8 Å². The molecule has 1 unspecified atom stereocenters. The van der Waals surface area contributed by atoms with Crippen LogP contribution in [0.25, 0.3) is 0 Å². The van der Waals surface area contributed by atoms with Crippen molar-refractivity contribution in [2.45, 2.75) is 38.8 Å². The fourth-order valence-corrected chi connectivity index (χ4v) is 2.49. The number of rotatable bonds is 1. The summed E-state index contributed by atoms with van der Waals surface area (Å²) < 4.78 is 3.33. The lowest BCUT2D eigenvalue weighted by Gasteiger charge is -2.20. The molecule has 0 saturated heterocycles. The van der Waals surface area contributed by atoms with E-state index < -0.39 is 0 Å². The van der Waals surface area contributed by atoms with Crippen LogP contribution in [-0.2, 0) is 19.4 Å². The first-order chi connectivity index (χ1) is 6.22. The molecule has 0 spiro atoms. The summed E-state index contributed by atoms with van der Waals surface area (Å²) in [4.78, 5) is 4.56. The molecule has 0 fully saturated rings. The number of aryl methyl sites for hydroxylation is 2. The van der Waals surface area contributed by atoms with E-state index in [4.69, 9.17) is 5.73 Å². The number of aromatic nitrogens is 2. The van der Waals surface area contributed by atoms with Gasteiger partial charge >= 0.3 is 0 Å². The van der Waals surface area contributed by atoms with Gasteiger partial charge in [-0.2, -0.15) is 0 Å². The third-order valence-corrected chi connectivity index (χ3v) is 3.43. The lowest BCUT2D eigenvalue weighted by molar-refractivity contribution is 0.449. The Kier molecular flexibility index (Phi) is 2.43. The van der Waals surface area contributed by atoms with Gasteiger partial charge in [-0.1, -0.05) is 6.92 Å². The monoisotopic (exact) mass is 243 g/mol. The molecule has 1 aliphatic rings. The number of nitrogens with two attached hydrogens (primary N) is 1. The van der Waals surface area contributed by atoms with Crippen LogP contribution in [0.4, 0.5) is 0 Å². The molecule has 1 aliphatic heterocycles. The Hall–Kier alpha value is -0.350. The number of fused-ring (bicyclic) bond motifs is 1. The lowest BCUT2D eigenvalue weighted by atomic mass is 10.1. The average Bonchev–Trinajstić information content (AvgIpc) is 2.44. The van der Waals surface area contributed by atoms with Gasteiger partial charge in [0.1, 0.15) is 10.4 Å². The third kappa shape index (κ3) is 1.53. The van der Waals surface area contributed by atoms with Gasteiger partial charge < -0.3 is 10.3 Å². The second-order valence-corrected chi connectivity index (χ2v) is 4.28. The zero-order valence-corrected chi connectivity index (χ0v) is 9.34. The summed E-state index contributed by atoms with van der Waals surface area (Å²) in [5, 5.41) is 0. The van der Waals surface area contributed by atoms with Gasteiger partial charge in [-0.15, -0.1) is 0 Å². The minimum atomic E-state index is 0.294. The van der Waals surface area contributed by atoms with Gasteiger partial charge in [-0.3, -0.25) is 0 Å². The molecule has 0 aromatic carbocycles. The molecular weight excluding hydrogens is 230 g/mol. The molecule has 1 aromatic rings. The standard InChI is InChI=1S/C9H14BrN3/c1-2-7-9(10)13-5-6(11)3-4-8(13)12-7/h6H,2-5,11H2,1H3. The van der Waals surface area contributed by atoms with Gasteiger partial charge in [0.15, 0.2) is 0 Å². The van der Waals surface area contributed by atoms with E-state index in [-0.39, 0.29) is 0 Å². The molecule has 0 saturated carbocycles. The van der Waals surface area contributed by atoms with Crippen molar-refractivity contribution >= 4 is 15.9 Å². The Labute approximate surface area is 86.5 Å². The maximum atomic E-state index is 5.90. The van der Waals surface area contributed by atoms with Gasteiger partial charge in [-0.25, -0.2) is 4.98 Å². The summed E-state index contributed by atoms with van der Waals surface area (Å²) in [6.45, 7) is 3.03. The molecule has 0 radical (unpaired) electrons. The first kappa shape index (κ1) is 9.21. The van der Waals surface area contributed by atoms with Crippen LogP contribution in [0.2, 0.25) is 0 Å². The minimum Gasteiger partial charge on any atom is -0.326 e. The second kappa shape index (κ2) is 3.42. The summed E-state index contributed by atoms with van der Waals surface area (Å²) in [6, 6.07) is 0.294. The van der Waals surface area contributed by atoms with Gasteiger partial charge in [0.2, 0.25) is 0 Å². The Morgan fingerprint density at radius 3 is 3.15 bits per heavy atom. The van der Waals surface area contributed by atoms with Crippen molar-refractivity contribution in [3.8, 4) is 0 Å². The Balaban J connectivity index is 2.40. The molecule has 3 nitrogen and oxygen atoms in total. The third-order valence-electron chi connectivity index (χ3n) is 2.54. The molecule has 2 heterocycles. The lowest BCUT2D eigenvalue weighted by Crippen LogP contribution is -2.32. The van der Waals surface area contributed by atoms with Crippen molar-refractivity contribution in [1.29, 1.82) is 0 Å². The molecule has 72 valence electrons. The van der Waals surface area contributed by atoms with E-state index >= 15 is 0 Å². The molecule has 0 aliphatic carbocycles. The van der Waals surface area contributed by atoms with Crippen molar-refractivity contribution in [2.24, 2.45) is 5.73 Å². The van der Waals surface area contributed by atoms with E-state index in [1.807, 2.05) is 0 Å². The molecule has 0 bridgehead atoms.